The van der Waals surface area contributed by atoms with E-state index in [-0.39, 0.29) is 17.1 Å². The molecule has 10 heteroatoms. The number of hydrogen-bond donors (Lipinski definition) is 1. The summed E-state index contributed by atoms with van der Waals surface area (Å²) in [5.74, 6) is -0.949. The Morgan fingerprint density at radius 1 is 0.949 bits per heavy atom. The lowest BCUT2D eigenvalue weighted by Gasteiger charge is -2.33. The minimum atomic E-state index is -4.18. The topological polar surface area (TPSA) is 96.0 Å². The average Bonchev–Trinajstić information content (AvgIpc) is 2.90. The summed E-state index contributed by atoms with van der Waals surface area (Å²) in [6.07, 6.45) is 0. The summed E-state index contributed by atoms with van der Waals surface area (Å²) in [6, 6.07) is 18.8. The molecule has 0 radical (unpaired) electrons. The van der Waals surface area contributed by atoms with E-state index in [4.69, 9.17) is 4.74 Å². The van der Waals surface area contributed by atoms with E-state index in [9.17, 15) is 22.4 Å². The Morgan fingerprint density at radius 3 is 2.08 bits per heavy atom. The van der Waals surface area contributed by atoms with Crippen molar-refractivity contribution in [2.24, 2.45) is 0 Å². The average molecular weight is 556 g/mol. The summed E-state index contributed by atoms with van der Waals surface area (Å²) in [7, 11) is -2.70. The van der Waals surface area contributed by atoms with E-state index in [0.29, 0.717) is 11.3 Å². The summed E-state index contributed by atoms with van der Waals surface area (Å²) < 4.78 is 47.2. The molecule has 3 aromatic carbocycles. The number of carbonyl (C=O) groups excluding carboxylic acids is 2. The number of amides is 2. The number of ether oxygens (including phenoxy) is 1. The van der Waals surface area contributed by atoms with E-state index in [1.807, 2.05) is 20.8 Å². The van der Waals surface area contributed by atoms with Crippen LogP contribution in [0.5, 0.6) is 5.75 Å². The largest absolute Gasteiger partial charge is 0.497 e. The zero-order valence-electron chi connectivity index (χ0n) is 22.7. The monoisotopic (exact) mass is 555 g/mol. The van der Waals surface area contributed by atoms with Crippen LogP contribution in [0.25, 0.3) is 0 Å². The lowest BCUT2D eigenvalue weighted by molar-refractivity contribution is -0.140. The molecule has 0 saturated carbocycles. The molecule has 39 heavy (non-hydrogen) atoms. The van der Waals surface area contributed by atoms with Gasteiger partial charge in [-0.05, 0) is 81.8 Å². The molecule has 1 N–H and O–H groups in total. The van der Waals surface area contributed by atoms with Gasteiger partial charge in [-0.25, -0.2) is 12.8 Å². The zero-order valence-corrected chi connectivity index (χ0v) is 23.5. The predicted octanol–water partition coefficient (Wildman–Crippen LogP) is 4.36. The second-order valence-electron chi connectivity index (χ2n) is 10.1. The van der Waals surface area contributed by atoms with Crippen LogP contribution >= 0.6 is 0 Å². The quantitative estimate of drug-likeness (QED) is 0.401. The van der Waals surface area contributed by atoms with Gasteiger partial charge in [0, 0.05) is 12.1 Å². The van der Waals surface area contributed by atoms with Gasteiger partial charge in [-0.1, -0.05) is 30.3 Å². The summed E-state index contributed by atoms with van der Waals surface area (Å²) in [5, 5.41) is 2.86. The number of methoxy groups -OCH3 is 1. The van der Waals surface area contributed by atoms with Crippen LogP contribution in [0.2, 0.25) is 0 Å². The van der Waals surface area contributed by atoms with Crippen LogP contribution in [0.15, 0.2) is 83.8 Å². The molecule has 1 atom stereocenters. The highest BCUT2D eigenvalue weighted by molar-refractivity contribution is 7.92. The van der Waals surface area contributed by atoms with Crippen molar-refractivity contribution in [3.8, 4) is 5.75 Å². The van der Waals surface area contributed by atoms with Crippen molar-refractivity contribution >= 4 is 27.5 Å². The lowest BCUT2D eigenvalue weighted by Crippen LogP contribution is -2.54. The van der Waals surface area contributed by atoms with Gasteiger partial charge >= 0.3 is 0 Å². The van der Waals surface area contributed by atoms with E-state index in [1.165, 1.54) is 60.5 Å². The van der Waals surface area contributed by atoms with Crippen molar-refractivity contribution in [2.45, 2.75) is 50.7 Å². The highest BCUT2D eigenvalue weighted by atomic mass is 32.2. The Hall–Kier alpha value is -3.92. The summed E-state index contributed by atoms with van der Waals surface area (Å²) in [6.45, 7) is 6.45. The Balaban J connectivity index is 2.00. The first-order chi connectivity index (χ1) is 18.3. The number of nitrogens with one attached hydrogen (secondary N) is 1. The van der Waals surface area contributed by atoms with Crippen molar-refractivity contribution in [1.82, 2.24) is 10.2 Å². The van der Waals surface area contributed by atoms with E-state index in [0.717, 1.165) is 4.31 Å². The fraction of sp³-hybridized carbons (Fsp3) is 0.310. The fourth-order valence-corrected chi connectivity index (χ4v) is 5.26. The van der Waals surface area contributed by atoms with Gasteiger partial charge in [-0.2, -0.15) is 0 Å². The third kappa shape index (κ3) is 7.79. The number of sulfonamides is 1. The van der Waals surface area contributed by atoms with E-state index in [1.54, 1.807) is 37.3 Å². The third-order valence-corrected chi connectivity index (χ3v) is 7.69. The molecule has 0 heterocycles. The number of hydrogen-bond acceptors (Lipinski definition) is 5. The summed E-state index contributed by atoms with van der Waals surface area (Å²) in [5.41, 5.74) is 0.323. The molecule has 3 rings (SSSR count). The van der Waals surface area contributed by atoms with Gasteiger partial charge in [0.1, 0.15) is 24.2 Å². The Kier molecular flexibility index (Phi) is 9.34. The molecule has 208 valence electrons. The van der Waals surface area contributed by atoms with Gasteiger partial charge in [0.15, 0.2) is 0 Å². The maximum atomic E-state index is 13.8. The van der Waals surface area contributed by atoms with Crippen molar-refractivity contribution in [2.75, 3.05) is 18.0 Å². The minimum Gasteiger partial charge on any atom is -0.497 e. The highest BCUT2D eigenvalue weighted by Gasteiger charge is 2.33. The molecule has 0 aliphatic heterocycles. The van der Waals surface area contributed by atoms with Crippen LogP contribution < -0.4 is 14.4 Å². The van der Waals surface area contributed by atoms with Gasteiger partial charge < -0.3 is 15.0 Å². The molecular weight excluding hydrogens is 521 g/mol. The predicted molar refractivity (Wildman–Crippen MR) is 148 cm³/mol. The van der Waals surface area contributed by atoms with Gasteiger partial charge in [-0.3, -0.25) is 13.9 Å². The lowest BCUT2D eigenvalue weighted by atomic mass is 10.1. The molecule has 2 amide bonds. The number of nitrogens with zero attached hydrogens (tertiary/aromatic N) is 2. The molecule has 0 spiro atoms. The molecule has 0 fully saturated rings. The van der Waals surface area contributed by atoms with Crippen molar-refractivity contribution in [3.63, 3.8) is 0 Å². The number of halogens is 1. The maximum Gasteiger partial charge on any atom is 0.264 e. The fourth-order valence-electron chi connectivity index (χ4n) is 3.84. The normalized spacial score (nSPS) is 12.4. The van der Waals surface area contributed by atoms with Crippen LogP contribution in [0.4, 0.5) is 10.1 Å². The number of para-hydroxylation sites is 1. The van der Waals surface area contributed by atoms with Crippen LogP contribution in [0.1, 0.15) is 33.3 Å². The van der Waals surface area contributed by atoms with Gasteiger partial charge in [0.25, 0.3) is 10.0 Å². The van der Waals surface area contributed by atoms with Gasteiger partial charge in [0.2, 0.25) is 11.8 Å². The molecule has 0 aliphatic rings. The molecule has 0 unspecified atom stereocenters. The standard InChI is InChI=1S/C29H34FN3O5S/c1-21(28(35)31-29(2,3)4)32(19-22-11-13-23(30)14-12-22)27(34)20-33(24-9-7-6-8-10-24)39(36,37)26-17-15-25(38-5)16-18-26/h6-18,21H,19-20H2,1-5H3,(H,31,35)/t21-/m1/s1. The van der Waals surface area contributed by atoms with E-state index in [2.05, 4.69) is 5.32 Å². The third-order valence-electron chi connectivity index (χ3n) is 5.90. The molecule has 0 saturated heterocycles. The number of anilines is 1. The second kappa shape index (κ2) is 12.3. The smallest absolute Gasteiger partial charge is 0.264 e. The first kappa shape index (κ1) is 29.6. The highest BCUT2D eigenvalue weighted by Crippen LogP contribution is 2.26. The molecule has 8 nitrogen and oxygen atoms in total. The Bertz CT molecular complexity index is 1370. The van der Waals surface area contributed by atoms with E-state index < -0.39 is 45.8 Å². The van der Waals surface area contributed by atoms with Crippen LogP contribution in [0.3, 0.4) is 0 Å². The first-order valence-electron chi connectivity index (χ1n) is 12.4. The Morgan fingerprint density at radius 2 is 1.54 bits per heavy atom. The summed E-state index contributed by atoms with van der Waals surface area (Å²) in [4.78, 5) is 28.2. The van der Waals surface area contributed by atoms with Crippen molar-refractivity contribution in [1.29, 1.82) is 0 Å². The first-order valence-corrected chi connectivity index (χ1v) is 13.8. The number of carbonyl (C=O) groups is 2. The maximum absolute atomic E-state index is 13.8. The molecule has 3 aromatic rings. The Labute approximate surface area is 229 Å². The zero-order chi connectivity index (χ0) is 28.8. The molecule has 0 bridgehead atoms. The summed E-state index contributed by atoms with van der Waals surface area (Å²) >= 11 is 0. The van der Waals surface area contributed by atoms with Gasteiger partial charge in [-0.15, -0.1) is 0 Å². The van der Waals surface area contributed by atoms with E-state index >= 15 is 0 Å². The molecule has 0 aliphatic carbocycles. The van der Waals surface area contributed by atoms with Crippen LogP contribution in [-0.4, -0.2) is 50.4 Å². The van der Waals surface area contributed by atoms with Crippen LogP contribution in [-0.2, 0) is 26.2 Å². The van der Waals surface area contributed by atoms with Gasteiger partial charge in [0.05, 0.1) is 17.7 Å². The molecular formula is C29H34FN3O5S. The minimum absolute atomic E-state index is 0.0245. The second-order valence-corrected chi connectivity index (χ2v) is 11.9. The number of benzene rings is 3. The number of rotatable bonds is 10. The van der Waals surface area contributed by atoms with Crippen LogP contribution in [0, 0.1) is 5.82 Å². The molecule has 0 aromatic heterocycles. The van der Waals surface area contributed by atoms with Crippen molar-refractivity contribution < 1.29 is 27.1 Å². The van der Waals surface area contributed by atoms with Crippen molar-refractivity contribution in [3.05, 3.63) is 90.2 Å². The SMILES string of the molecule is COc1ccc(S(=O)(=O)N(CC(=O)N(Cc2ccc(F)cc2)[C@H](C)C(=O)NC(C)(C)C)c2ccccc2)cc1.